The Balaban J connectivity index is 2.26. The van der Waals surface area contributed by atoms with Crippen LogP contribution in [0.25, 0.3) is 0 Å². The summed E-state index contributed by atoms with van der Waals surface area (Å²) in [4.78, 5) is 27.6. The van der Waals surface area contributed by atoms with E-state index in [0.717, 1.165) is 0 Å². The molecule has 22 heavy (non-hydrogen) atoms. The third-order valence-electron chi connectivity index (χ3n) is 3.65. The molecule has 108 valence electrons. The van der Waals surface area contributed by atoms with E-state index in [9.17, 15) is 9.59 Å². The molecule has 2 aromatic rings. The minimum absolute atomic E-state index is 0.206. The van der Waals surface area contributed by atoms with Gasteiger partial charge in [-0.25, -0.2) is 0 Å². The van der Waals surface area contributed by atoms with E-state index < -0.39 is 0 Å². The molecule has 0 atom stereocenters. The number of carbonyl (C=O) groups is 2. The summed E-state index contributed by atoms with van der Waals surface area (Å²) in [6, 6.07) is 16.2. The van der Waals surface area contributed by atoms with E-state index in [1.165, 1.54) is 9.80 Å². The van der Waals surface area contributed by atoms with Crippen LogP contribution in [-0.2, 0) is 9.59 Å². The zero-order valence-electron chi connectivity index (χ0n) is 12.0. The van der Waals surface area contributed by atoms with Gasteiger partial charge in [-0.1, -0.05) is 18.2 Å². The van der Waals surface area contributed by atoms with Crippen LogP contribution in [-0.4, -0.2) is 18.9 Å². The molecule has 0 bridgehead atoms. The Morgan fingerprint density at radius 2 is 1.73 bits per heavy atom. The summed E-state index contributed by atoms with van der Waals surface area (Å²) in [6.45, 7) is 0. The SMILES string of the molecule is CN1C(=O)CC(=O)N(c2ccccc2)c2cc(C#N)ccc21. The maximum absolute atomic E-state index is 12.5. The summed E-state index contributed by atoms with van der Waals surface area (Å²) in [7, 11) is 1.63. The molecule has 0 spiro atoms. The van der Waals surface area contributed by atoms with Gasteiger partial charge in [0.2, 0.25) is 11.8 Å². The predicted octanol–water partition coefficient (Wildman–Crippen LogP) is 2.59. The predicted molar refractivity (Wildman–Crippen MR) is 82.8 cm³/mol. The number of para-hydroxylation sites is 1. The first kappa shape index (κ1) is 13.8. The fraction of sp³-hybridized carbons (Fsp3) is 0.118. The molecule has 5 heteroatoms. The molecule has 0 saturated heterocycles. The van der Waals surface area contributed by atoms with Crippen LogP contribution in [0.3, 0.4) is 0 Å². The summed E-state index contributed by atoms with van der Waals surface area (Å²) in [6.07, 6.45) is -0.206. The largest absolute Gasteiger partial charge is 0.313 e. The van der Waals surface area contributed by atoms with E-state index in [-0.39, 0.29) is 18.2 Å². The van der Waals surface area contributed by atoms with Gasteiger partial charge in [0.25, 0.3) is 0 Å². The lowest BCUT2D eigenvalue weighted by molar-refractivity contribution is -0.125. The van der Waals surface area contributed by atoms with Crippen LogP contribution >= 0.6 is 0 Å². The van der Waals surface area contributed by atoms with Gasteiger partial charge in [0.15, 0.2) is 0 Å². The zero-order valence-corrected chi connectivity index (χ0v) is 12.0. The summed E-state index contributed by atoms with van der Waals surface area (Å²) >= 11 is 0. The number of carbonyl (C=O) groups excluding carboxylic acids is 2. The van der Waals surface area contributed by atoms with Crippen LogP contribution in [0.4, 0.5) is 17.1 Å². The molecular formula is C17H13N3O2. The summed E-state index contributed by atoms with van der Waals surface area (Å²) < 4.78 is 0. The number of hydrogen-bond donors (Lipinski definition) is 0. The van der Waals surface area contributed by atoms with Crippen molar-refractivity contribution < 1.29 is 9.59 Å². The van der Waals surface area contributed by atoms with Crippen molar-refractivity contribution in [1.82, 2.24) is 0 Å². The van der Waals surface area contributed by atoms with Crippen LogP contribution in [0, 0.1) is 11.3 Å². The van der Waals surface area contributed by atoms with Crippen LogP contribution < -0.4 is 9.80 Å². The molecule has 0 unspecified atom stereocenters. The smallest absolute Gasteiger partial charge is 0.241 e. The lowest BCUT2D eigenvalue weighted by Gasteiger charge is -2.24. The van der Waals surface area contributed by atoms with Crippen molar-refractivity contribution in [2.45, 2.75) is 6.42 Å². The second-order valence-corrected chi connectivity index (χ2v) is 5.01. The molecule has 0 aliphatic carbocycles. The second kappa shape index (κ2) is 5.34. The van der Waals surface area contributed by atoms with Crippen molar-refractivity contribution in [1.29, 1.82) is 5.26 Å². The van der Waals surface area contributed by atoms with Crippen molar-refractivity contribution in [2.75, 3.05) is 16.8 Å². The van der Waals surface area contributed by atoms with Crippen LogP contribution in [0.2, 0.25) is 0 Å². The summed E-state index contributed by atoms with van der Waals surface area (Å²) in [5.41, 5.74) is 2.27. The van der Waals surface area contributed by atoms with Gasteiger partial charge in [0.05, 0.1) is 23.0 Å². The minimum Gasteiger partial charge on any atom is -0.313 e. The minimum atomic E-state index is -0.308. The average Bonchev–Trinajstić information content (AvgIpc) is 2.63. The fourth-order valence-electron chi connectivity index (χ4n) is 2.51. The molecule has 1 aliphatic heterocycles. The second-order valence-electron chi connectivity index (χ2n) is 5.01. The van der Waals surface area contributed by atoms with Crippen molar-refractivity contribution in [3.05, 3.63) is 54.1 Å². The highest BCUT2D eigenvalue weighted by molar-refractivity contribution is 6.18. The highest BCUT2D eigenvalue weighted by Crippen LogP contribution is 2.37. The first-order chi connectivity index (χ1) is 10.6. The van der Waals surface area contributed by atoms with E-state index in [1.54, 1.807) is 37.4 Å². The third kappa shape index (κ3) is 2.21. The fourth-order valence-corrected chi connectivity index (χ4v) is 2.51. The van der Waals surface area contributed by atoms with Gasteiger partial charge in [0, 0.05) is 12.7 Å². The van der Waals surface area contributed by atoms with Gasteiger partial charge >= 0.3 is 0 Å². The first-order valence-corrected chi connectivity index (χ1v) is 6.80. The Kier molecular flexibility index (Phi) is 3.36. The molecule has 2 amide bonds. The topological polar surface area (TPSA) is 64.4 Å². The van der Waals surface area contributed by atoms with E-state index >= 15 is 0 Å². The molecule has 5 nitrogen and oxygen atoms in total. The molecular weight excluding hydrogens is 278 g/mol. The highest BCUT2D eigenvalue weighted by Gasteiger charge is 2.30. The van der Waals surface area contributed by atoms with Gasteiger partial charge in [-0.2, -0.15) is 5.26 Å². The third-order valence-corrected chi connectivity index (χ3v) is 3.65. The van der Waals surface area contributed by atoms with Gasteiger partial charge in [0.1, 0.15) is 6.42 Å². The van der Waals surface area contributed by atoms with Gasteiger partial charge in [-0.05, 0) is 30.3 Å². The van der Waals surface area contributed by atoms with Gasteiger partial charge in [-0.15, -0.1) is 0 Å². The van der Waals surface area contributed by atoms with Crippen LogP contribution in [0.15, 0.2) is 48.5 Å². The van der Waals surface area contributed by atoms with E-state index in [2.05, 4.69) is 6.07 Å². The Labute approximate surface area is 128 Å². The molecule has 0 radical (unpaired) electrons. The number of fused-ring (bicyclic) bond motifs is 1. The molecule has 0 N–H and O–H groups in total. The van der Waals surface area contributed by atoms with E-state index in [4.69, 9.17) is 5.26 Å². The maximum Gasteiger partial charge on any atom is 0.241 e. The van der Waals surface area contributed by atoms with Gasteiger partial charge in [-0.3, -0.25) is 14.5 Å². The number of benzene rings is 2. The Morgan fingerprint density at radius 3 is 2.41 bits per heavy atom. The number of anilines is 3. The van der Waals surface area contributed by atoms with Crippen LogP contribution in [0.5, 0.6) is 0 Å². The van der Waals surface area contributed by atoms with Crippen molar-refractivity contribution in [3.63, 3.8) is 0 Å². The molecule has 3 rings (SSSR count). The molecule has 0 aromatic heterocycles. The molecule has 2 aromatic carbocycles. The van der Waals surface area contributed by atoms with Crippen molar-refractivity contribution >= 4 is 28.9 Å². The normalized spacial score (nSPS) is 14.4. The number of nitrogens with zero attached hydrogens (tertiary/aromatic N) is 3. The number of amides is 2. The van der Waals surface area contributed by atoms with Crippen molar-refractivity contribution in [2.24, 2.45) is 0 Å². The monoisotopic (exact) mass is 291 g/mol. The molecule has 1 aliphatic rings. The Hall–Kier alpha value is -3.13. The van der Waals surface area contributed by atoms with Crippen molar-refractivity contribution in [3.8, 4) is 6.07 Å². The Bertz CT molecular complexity index is 793. The number of hydrogen-bond acceptors (Lipinski definition) is 3. The molecule has 0 saturated carbocycles. The lowest BCUT2D eigenvalue weighted by Crippen LogP contribution is -2.28. The quantitative estimate of drug-likeness (QED) is 0.759. The summed E-state index contributed by atoms with van der Waals surface area (Å²) in [5.74, 6) is -0.578. The number of rotatable bonds is 1. The van der Waals surface area contributed by atoms with E-state index in [1.807, 2.05) is 18.2 Å². The molecule has 1 heterocycles. The molecule has 0 fully saturated rings. The zero-order chi connectivity index (χ0) is 15.7. The Morgan fingerprint density at radius 1 is 1.00 bits per heavy atom. The highest BCUT2D eigenvalue weighted by atomic mass is 16.2. The first-order valence-electron chi connectivity index (χ1n) is 6.80. The standard InChI is InChI=1S/C17H13N3O2/c1-19-14-8-7-12(11-18)9-15(14)20(17(22)10-16(19)21)13-5-3-2-4-6-13/h2-9H,10H2,1H3. The average molecular weight is 291 g/mol. The maximum atomic E-state index is 12.5. The number of nitriles is 1. The summed E-state index contributed by atoms with van der Waals surface area (Å²) in [5, 5.41) is 9.12. The lowest BCUT2D eigenvalue weighted by atomic mass is 10.1. The van der Waals surface area contributed by atoms with E-state index in [0.29, 0.717) is 22.6 Å². The van der Waals surface area contributed by atoms with Gasteiger partial charge < -0.3 is 4.90 Å². The van der Waals surface area contributed by atoms with Crippen LogP contribution in [0.1, 0.15) is 12.0 Å².